The average molecular weight is 333 g/mol. The highest BCUT2D eigenvalue weighted by molar-refractivity contribution is 9.09. The minimum atomic E-state index is -0.00579. The highest BCUT2D eigenvalue weighted by Gasteiger charge is 2.24. The standard InChI is InChI=1S/C13H15BrClNO2/c1-18-12-3-2-10(15)8-11(12)13(17)16-6-4-9(14)5-7-16/h2-3,8-9H,4-7H2,1H3. The van der Waals surface area contributed by atoms with E-state index in [2.05, 4.69) is 15.9 Å². The lowest BCUT2D eigenvalue weighted by atomic mass is 10.1. The van der Waals surface area contributed by atoms with Gasteiger partial charge in [-0.25, -0.2) is 0 Å². The summed E-state index contributed by atoms with van der Waals surface area (Å²) in [5.41, 5.74) is 0.540. The van der Waals surface area contributed by atoms with Crippen molar-refractivity contribution in [1.82, 2.24) is 4.90 Å². The smallest absolute Gasteiger partial charge is 0.257 e. The number of likely N-dealkylation sites (tertiary alicyclic amines) is 1. The Labute approximate surface area is 120 Å². The summed E-state index contributed by atoms with van der Waals surface area (Å²) in [4.78, 5) is 14.8. The molecule has 0 atom stereocenters. The average Bonchev–Trinajstić information content (AvgIpc) is 2.39. The summed E-state index contributed by atoms with van der Waals surface area (Å²) < 4.78 is 5.22. The van der Waals surface area contributed by atoms with E-state index < -0.39 is 0 Å². The van der Waals surface area contributed by atoms with E-state index in [1.807, 2.05) is 4.90 Å². The van der Waals surface area contributed by atoms with E-state index in [0.717, 1.165) is 25.9 Å². The molecule has 2 rings (SSSR count). The lowest BCUT2D eigenvalue weighted by molar-refractivity contribution is 0.0725. The number of hydrogen-bond donors (Lipinski definition) is 0. The Morgan fingerprint density at radius 2 is 2.11 bits per heavy atom. The number of rotatable bonds is 2. The zero-order valence-corrected chi connectivity index (χ0v) is 12.5. The van der Waals surface area contributed by atoms with Gasteiger partial charge in [0.1, 0.15) is 5.75 Å². The van der Waals surface area contributed by atoms with Crippen molar-refractivity contribution in [3.05, 3.63) is 28.8 Å². The molecular weight excluding hydrogens is 318 g/mol. The van der Waals surface area contributed by atoms with Crippen LogP contribution in [0.3, 0.4) is 0 Å². The quantitative estimate of drug-likeness (QED) is 0.777. The highest BCUT2D eigenvalue weighted by atomic mass is 79.9. The van der Waals surface area contributed by atoms with Gasteiger partial charge in [-0.15, -0.1) is 0 Å². The summed E-state index contributed by atoms with van der Waals surface area (Å²) in [6, 6.07) is 5.12. The Morgan fingerprint density at radius 1 is 1.44 bits per heavy atom. The number of methoxy groups -OCH3 is 1. The van der Waals surface area contributed by atoms with Gasteiger partial charge in [-0.05, 0) is 31.0 Å². The van der Waals surface area contributed by atoms with E-state index in [4.69, 9.17) is 16.3 Å². The van der Waals surface area contributed by atoms with Crippen LogP contribution >= 0.6 is 27.5 Å². The van der Waals surface area contributed by atoms with Crippen molar-refractivity contribution in [1.29, 1.82) is 0 Å². The van der Waals surface area contributed by atoms with Gasteiger partial charge in [0, 0.05) is 22.9 Å². The molecule has 0 bridgehead atoms. The van der Waals surface area contributed by atoms with Crippen LogP contribution in [0.5, 0.6) is 5.75 Å². The second-order valence-electron chi connectivity index (χ2n) is 4.31. The Bertz CT molecular complexity index is 445. The van der Waals surface area contributed by atoms with Crippen molar-refractivity contribution in [2.45, 2.75) is 17.7 Å². The highest BCUT2D eigenvalue weighted by Crippen LogP contribution is 2.26. The Morgan fingerprint density at radius 3 is 2.72 bits per heavy atom. The van der Waals surface area contributed by atoms with Crippen molar-refractivity contribution in [3.8, 4) is 5.75 Å². The van der Waals surface area contributed by atoms with Gasteiger partial charge in [0.05, 0.1) is 12.7 Å². The van der Waals surface area contributed by atoms with Gasteiger partial charge in [-0.2, -0.15) is 0 Å². The molecule has 1 aromatic rings. The molecule has 18 heavy (non-hydrogen) atoms. The Kier molecular flexibility index (Phi) is 4.51. The third-order valence-electron chi connectivity index (χ3n) is 3.10. The zero-order chi connectivity index (χ0) is 13.1. The molecule has 0 unspecified atom stereocenters. The van der Waals surface area contributed by atoms with Crippen LogP contribution in [0, 0.1) is 0 Å². The molecule has 1 fully saturated rings. The van der Waals surface area contributed by atoms with E-state index in [-0.39, 0.29) is 5.91 Å². The maximum Gasteiger partial charge on any atom is 0.257 e. The molecule has 1 heterocycles. The molecule has 1 saturated heterocycles. The fourth-order valence-electron chi connectivity index (χ4n) is 2.07. The first kappa shape index (κ1) is 13.7. The molecular formula is C13H15BrClNO2. The molecule has 0 aromatic heterocycles. The third-order valence-corrected chi connectivity index (χ3v) is 4.25. The summed E-state index contributed by atoms with van der Waals surface area (Å²) in [5, 5.41) is 0.550. The van der Waals surface area contributed by atoms with Gasteiger partial charge >= 0.3 is 0 Å². The molecule has 5 heteroatoms. The summed E-state index contributed by atoms with van der Waals surface area (Å²) in [5.74, 6) is 0.569. The monoisotopic (exact) mass is 331 g/mol. The van der Waals surface area contributed by atoms with Crippen molar-refractivity contribution in [2.24, 2.45) is 0 Å². The maximum absolute atomic E-state index is 12.4. The van der Waals surface area contributed by atoms with E-state index in [1.165, 1.54) is 0 Å². The van der Waals surface area contributed by atoms with Gasteiger partial charge in [0.25, 0.3) is 5.91 Å². The maximum atomic E-state index is 12.4. The summed E-state index contributed by atoms with van der Waals surface area (Å²) in [7, 11) is 1.56. The van der Waals surface area contributed by atoms with Crippen molar-refractivity contribution < 1.29 is 9.53 Å². The SMILES string of the molecule is COc1ccc(Cl)cc1C(=O)N1CCC(Br)CC1. The molecule has 98 valence electrons. The Hall–Kier alpha value is -0.740. The number of carbonyl (C=O) groups is 1. The van der Waals surface area contributed by atoms with E-state index in [0.29, 0.717) is 21.2 Å². The molecule has 1 aliphatic heterocycles. The molecule has 0 N–H and O–H groups in total. The first-order valence-electron chi connectivity index (χ1n) is 5.88. The number of piperidine rings is 1. The Balaban J connectivity index is 2.20. The lowest BCUT2D eigenvalue weighted by Crippen LogP contribution is -2.38. The van der Waals surface area contributed by atoms with Crippen LogP contribution in [0.1, 0.15) is 23.2 Å². The summed E-state index contributed by atoms with van der Waals surface area (Å²) in [6.45, 7) is 1.54. The molecule has 1 aliphatic rings. The largest absolute Gasteiger partial charge is 0.496 e. The number of ether oxygens (including phenoxy) is 1. The van der Waals surface area contributed by atoms with Crippen LogP contribution in [-0.4, -0.2) is 35.8 Å². The molecule has 0 saturated carbocycles. The first-order valence-corrected chi connectivity index (χ1v) is 7.18. The molecule has 1 amide bonds. The molecule has 0 radical (unpaired) electrons. The van der Waals surface area contributed by atoms with Gasteiger partial charge in [0.15, 0.2) is 0 Å². The molecule has 3 nitrogen and oxygen atoms in total. The number of hydrogen-bond acceptors (Lipinski definition) is 2. The molecule has 1 aromatic carbocycles. The minimum absolute atomic E-state index is 0.00579. The number of nitrogens with zero attached hydrogens (tertiary/aromatic N) is 1. The molecule has 0 aliphatic carbocycles. The van der Waals surface area contributed by atoms with Crippen LogP contribution in [-0.2, 0) is 0 Å². The first-order chi connectivity index (χ1) is 8.61. The van der Waals surface area contributed by atoms with Crippen LogP contribution < -0.4 is 4.74 Å². The van der Waals surface area contributed by atoms with Gasteiger partial charge in [-0.1, -0.05) is 27.5 Å². The predicted molar refractivity (Wildman–Crippen MR) is 75.9 cm³/mol. The second kappa shape index (κ2) is 5.93. The summed E-state index contributed by atoms with van der Waals surface area (Å²) >= 11 is 9.52. The van der Waals surface area contributed by atoms with Crippen LogP contribution in [0.2, 0.25) is 5.02 Å². The van der Waals surface area contributed by atoms with Crippen LogP contribution in [0.15, 0.2) is 18.2 Å². The van der Waals surface area contributed by atoms with Crippen LogP contribution in [0.4, 0.5) is 0 Å². The van der Waals surface area contributed by atoms with E-state index >= 15 is 0 Å². The topological polar surface area (TPSA) is 29.5 Å². The predicted octanol–water partition coefficient (Wildman–Crippen LogP) is 3.35. The van der Waals surface area contributed by atoms with Gasteiger partial charge in [0.2, 0.25) is 0 Å². The normalized spacial score (nSPS) is 16.7. The second-order valence-corrected chi connectivity index (χ2v) is 6.04. The van der Waals surface area contributed by atoms with E-state index in [1.54, 1.807) is 25.3 Å². The summed E-state index contributed by atoms with van der Waals surface area (Å²) in [6.07, 6.45) is 1.96. The zero-order valence-electron chi connectivity index (χ0n) is 10.2. The van der Waals surface area contributed by atoms with Gasteiger partial charge < -0.3 is 9.64 Å². The third kappa shape index (κ3) is 2.98. The van der Waals surface area contributed by atoms with Gasteiger partial charge in [-0.3, -0.25) is 4.79 Å². The van der Waals surface area contributed by atoms with Crippen molar-refractivity contribution in [3.63, 3.8) is 0 Å². The molecule has 0 spiro atoms. The van der Waals surface area contributed by atoms with E-state index in [9.17, 15) is 4.79 Å². The number of carbonyl (C=O) groups excluding carboxylic acids is 1. The minimum Gasteiger partial charge on any atom is -0.496 e. The number of alkyl halides is 1. The van der Waals surface area contributed by atoms with Crippen molar-refractivity contribution >= 4 is 33.4 Å². The fraction of sp³-hybridized carbons (Fsp3) is 0.462. The lowest BCUT2D eigenvalue weighted by Gasteiger charge is -2.30. The number of amides is 1. The fourth-order valence-corrected chi connectivity index (χ4v) is 2.65. The number of halogens is 2. The van der Waals surface area contributed by atoms with Crippen LogP contribution in [0.25, 0.3) is 0 Å². The number of benzene rings is 1. The van der Waals surface area contributed by atoms with Crippen molar-refractivity contribution in [2.75, 3.05) is 20.2 Å².